The van der Waals surface area contributed by atoms with E-state index in [1.807, 2.05) is 0 Å². The van der Waals surface area contributed by atoms with Crippen LogP contribution in [0.2, 0.25) is 0 Å². The van der Waals surface area contributed by atoms with E-state index in [1.165, 1.54) is 6.08 Å². The highest BCUT2D eigenvalue weighted by Crippen LogP contribution is 2.30. The van der Waals surface area contributed by atoms with Gasteiger partial charge in [0, 0.05) is 22.2 Å². The molecule has 0 aliphatic heterocycles. The average Bonchev–Trinajstić information content (AvgIpc) is 2.70. The van der Waals surface area contributed by atoms with Gasteiger partial charge in [0.15, 0.2) is 0 Å². The van der Waals surface area contributed by atoms with Crippen LogP contribution in [0.3, 0.4) is 0 Å². The fourth-order valence-corrected chi connectivity index (χ4v) is 2.82. The Kier molecular flexibility index (Phi) is 8.69. The molecule has 0 bridgehead atoms. The van der Waals surface area contributed by atoms with Gasteiger partial charge in [-0.2, -0.15) is 0 Å². The molecule has 2 aromatic carbocycles. The van der Waals surface area contributed by atoms with Gasteiger partial charge in [0.25, 0.3) is 0 Å². The van der Waals surface area contributed by atoms with Crippen LogP contribution in [-0.2, 0) is 9.53 Å². The summed E-state index contributed by atoms with van der Waals surface area (Å²) in [6, 6.07) is 13.9. The third-order valence-electron chi connectivity index (χ3n) is 3.89. The molecule has 0 aromatic heterocycles. The summed E-state index contributed by atoms with van der Waals surface area (Å²) in [6.45, 7) is 1.75. The van der Waals surface area contributed by atoms with Crippen molar-refractivity contribution in [3.05, 3.63) is 70.7 Å². The number of carboxylic acids is 1. The number of carbonyl (C=O) groups is 2. The molecule has 2 atom stereocenters. The van der Waals surface area contributed by atoms with Crippen LogP contribution >= 0.6 is 15.9 Å². The fraction of sp³-hybridized carbons (Fsp3) is 0.238. The predicted molar refractivity (Wildman–Crippen MR) is 112 cm³/mol. The first-order chi connectivity index (χ1) is 13.9. The van der Waals surface area contributed by atoms with Crippen LogP contribution in [0.4, 0.5) is 10.5 Å². The molecule has 2 aromatic rings. The fourth-order valence-electron chi connectivity index (χ4n) is 2.55. The molecule has 0 saturated heterocycles. The van der Waals surface area contributed by atoms with E-state index in [-0.39, 0.29) is 13.2 Å². The van der Waals surface area contributed by atoms with Crippen molar-refractivity contribution in [3.63, 3.8) is 0 Å². The first-order valence-corrected chi connectivity index (χ1v) is 9.66. The van der Waals surface area contributed by atoms with Crippen LogP contribution in [-0.4, -0.2) is 35.5 Å². The smallest absolute Gasteiger partial charge is 0.412 e. The number of hydrogen-bond donors (Lipinski definition) is 3. The average molecular weight is 464 g/mol. The van der Waals surface area contributed by atoms with Gasteiger partial charge in [0.05, 0.1) is 6.61 Å². The van der Waals surface area contributed by atoms with E-state index >= 15 is 0 Å². The predicted octanol–water partition coefficient (Wildman–Crippen LogP) is 4.39. The lowest BCUT2D eigenvalue weighted by Crippen LogP contribution is -2.21. The number of benzene rings is 2. The molecule has 0 radical (unpaired) electrons. The number of rotatable bonds is 9. The Hall–Kier alpha value is -2.84. The first-order valence-electron chi connectivity index (χ1n) is 8.87. The van der Waals surface area contributed by atoms with Crippen molar-refractivity contribution in [1.82, 2.24) is 0 Å². The molecule has 0 aliphatic carbocycles. The highest BCUT2D eigenvalue weighted by atomic mass is 79.9. The molecule has 2 rings (SSSR count). The summed E-state index contributed by atoms with van der Waals surface area (Å²) < 4.78 is 11.9. The second-order valence-electron chi connectivity index (χ2n) is 6.16. The quantitative estimate of drug-likeness (QED) is 0.476. The zero-order chi connectivity index (χ0) is 21.2. The number of aliphatic hydroxyl groups excluding tert-OH is 1. The van der Waals surface area contributed by atoms with Gasteiger partial charge in [0.2, 0.25) is 0 Å². The highest BCUT2D eigenvalue weighted by Gasteiger charge is 2.23. The number of halogens is 1. The van der Waals surface area contributed by atoms with E-state index in [4.69, 9.17) is 19.7 Å². The minimum Gasteiger partial charge on any atom is -0.491 e. The first kappa shape index (κ1) is 22.4. The van der Waals surface area contributed by atoms with Crippen molar-refractivity contribution in [1.29, 1.82) is 0 Å². The van der Waals surface area contributed by atoms with Gasteiger partial charge in [-0.25, -0.2) is 9.59 Å². The normalized spacial score (nSPS) is 12.9. The Morgan fingerprint density at radius 3 is 2.59 bits per heavy atom. The lowest BCUT2D eigenvalue weighted by molar-refractivity contribution is -0.131. The van der Waals surface area contributed by atoms with Gasteiger partial charge >= 0.3 is 12.1 Å². The third-order valence-corrected chi connectivity index (χ3v) is 4.42. The Labute approximate surface area is 177 Å². The Balaban J connectivity index is 2.21. The maximum atomic E-state index is 12.4. The van der Waals surface area contributed by atoms with Gasteiger partial charge in [-0.3, -0.25) is 5.32 Å². The van der Waals surface area contributed by atoms with Gasteiger partial charge in [0.1, 0.15) is 18.5 Å². The van der Waals surface area contributed by atoms with E-state index < -0.39 is 24.1 Å². The number of carbonyl (C=O) groups excluding carboxylic acids is 1. The van der Waals surface area contributed by atoms with Crippen molar-refractivity contribution in [3.8, 4) is 5.75 Å². The van der Waals surface area contributed by atoms with Crippen molar-refractivity contribution < 1.29 is 29.3 Å². The van der Waals surface area contributed by atoms with Crippen LogP contribution in [0.15, 0.2) is 65.2 Å². The Bertz CT molecular complexity index is 853. The molecule has 8 heteroatoms. The number of aliphatic carboxylic acids is 1. The molecule has 0 spiro atoms. The summed E-state index contributed by atoms with van der Waals surface area (Å²) in [5.41, 5.74) is 1.19. The standard InChI is InChI=1S/C21H22BrNO6/c1-14(5-10-19(25)26)20(15-3-2-4-18(13-15)28-12-11-24)29-21(27)23-17-8-6-16(22)7-9-17/h2-10,13-14,20,24H,11-12H2,1H3,(H,23,27)(H,25,26)/b10-5+/t14-,20-/m0/s1. The molecule has 1 amide bonds. The molecular formula is C21H22BrNO6. The van der Waals surface area contributed by atoms with E-state index in [0.717, 1.165) is 10.5 Å². The van der Waals surface area contributed by atoms with Crippen LogP contribution in [0, 0.1) is 5.92 Å². The molecular weight excluding hydrogens is 442 g/mol. The summed E-state index contributed by atoms with van der Waals surface area (Å²) in [5, 5.41) is 20.5. The maximum absolute atomic E-state index is 12.4. The number of hydrogen-bond acceptors (Lipinski definition) is 5. The Morgan fingerprint density at radius 2 is 1.93 bits per heavy atom. The van der Waals surface area contributed by atoms with Crippen molar-refractivity contribution in [2.45, 2.75) is 13.0 Å². The molecule has 7 nitrogen and oxygen atoms in total. The molecule has 3 N–H and O–H groups in total. The summed E-state index contributed by atoms with van der Waals surface area (Å²) in [4.78, 5) is 23.3. The molecule has 0 heterocycles. The van der Waals surface area contributed by atoms with Crippen LogP contribution in [0.1, 0.15) is 18.6 Å². The zero-order valence-corrected chi connectivity index (χ0v) is 17.3. The van der Waals surface area contributed by atoms with Crippen LogP contribution in [0.5, 0.6) is 5.75 Å². The molecule has 154 valence electrons. The lowest BCUT2D eigenvalue weighted by atomic mass is 9.96. The van der Waals surface area contributed by atoms with Crippen LogP contribution in [0.25, 0.3) is 0 Å². The summed E-state index contributed by atoms with van der Waals surface area (Å²) in [5.74, 6) is -1.00. The minimum atomic E-state index is -1.09. The lowest BCUT2D eigenvalue weighted by Gasteiger charge is -2.23. The highest BCUT2D eigenvalue weighted by molar-refractivity contribution is 9.10. The number of aliphatic hydroxyl groups is 1. The van der Waals surface area contributed by atoms with E-state index in [9.17, 15) is 9.59 Å². The third kappa shape index (κ3) is 7.59. The second-order valence-corrected chi connectivity index (χ2v) is 7.07. The van der Waals surface area contributed by atoms with E-state index in [1.54, 1.807) is 55.5 Å². The maximum Gasteiger partial charge on any atom is 0.412 e. The zero-order valence-electron chi connectivity index (χ0n) is 15.7. The number of carboxylic acid groups (broad SMARTS) is 1. The van der Waals surface area contributed by atoms with Gasteiger partial charge < -0.3 is 19.7 Å². The minimum absolute atomic E-state index is 0.127. The molecule has 0 fully saturated rings. The van der Waals surface area contributed by atoms with Gasteiger partial charge in [-0.05, 0) is 42.0 Å². The van der Waals surface area contributed by atoms with Crippen molar-refractivity contribution in [2.24, 2.45) is 5.92 Å². The van der Waals surface area contributed by atoms with Crippen molar-refractivity contribution >= 4 is 33.7 Å². The largest absolute Gasteiger partial charge is 0.491 e. The topological polar surface area (TPSA) is 105 Å². The van der Waals surface area contributed by atoms with Crippen molar-refractivity contribution in [2.75, 3.05) is 18.5 Å². The second kappa shape index (κ2) is 11.2. The number of amides is 1. The Morgan fingerprint density at radius 1 is 1.21 bits per heavy atom. The molecule has 0 aliphatic rings. The van der Waals surface area contributed by atoms with E-state index in [2.05, 4.69) is 21.2 Å². The summed E-state index contributed by atoms with van der Waals surface area (Å²) in [6.07, 6.45) is 1.05. The molecule has 0 saturated carbocycles. The number of anilines is 1. The molecule has 29 heavy (non-hydrogen) atoms. The summed E-state index contributed by atoms with van der Waals surface area (Å²) >= 11 is 3.33. The number of nitrogens with one attached hydrogen (secondary N) is 1. The molecule has 0 unspecified atom stereocenters. The van der Waals surface area contributed by atoms with Gasteiger partial charge in [-0.15, -0.1) is 0 Å². The monoisotopic (exact) mass is 463 g/mol. The number of ether oxygens (including phenoxy) is 2. The van der Waals surface area contributed by atoms with Crippen LogP contribution < -0.4 is 10.1 Å². The van der Waals surface area contributed by atoms with Gasteiger partial charge in [-0.1, -0.05) is 41.1 Å². The SMILES string of the molecule is C[C@@H](/C=C/C(=O)O)[C@H](OC(=O)Nc1ccc(Br)cc1)c1cccc(OCCO)c1. The van der Waals surface area contributed by atoms with E-state index in [0.29, 0.717) is 17.0 Å². The summed E-state index contributed by atoms with van der Waals surface area (Å²) in [7, 11) is 0.